The van der Waals surface area contributed by atoms with Crippen molar-refractivity contribution in [1.82, 2.24) is 0 Å². The highest BCUT2D eigenvalue weighted by molar-refractivity contribution is 9.10. The van der Waals surface area contributed by atoms with Gasteiger partial charge < -0.3 is 19.3 Å². The molecule has 2 spiro atoms. The van der Waals surface area contributed by atoms with Gasteiger partial charge in [-0.15, -0.1) is 0 Å². The minimum absolute atomic E-state index is 0.139. The first-order valence-corrected chi connectivity index (χ1v) is 25.1. The van der Waals surface area contributed by atoms with Gasteiger partial charge in [0.05, 0.1) is 22.4 Å². The molecule has 4 aliphatic rings. The van der Waals surface area contributed by atoms with Crippen molar-refractivity contribution < 1.29 is 9.47 Å². The normalized spacial score (nSPS) is 18.4. The van der Waals surface area contributed by atoms with Crippen LogP contribution in [0.15, 0.2) is 167 Å². The maximum atomic E-state index is 6.97. The summed E-state index contributed by atoms with van der Waals surface area (Å²) >= 11 is 7.42. The van der Waals surface area contributed by atoms with Gasteiger partial charge in [0.2, 0.25) is 0 Å². The molecule has 328 valence electrons. The summed E-state index contributed by atoms with van der Waals surface area (Å²) in [7, 11) is 0. The molecule has 7 aromatic rings. The number of ether oxygens (including phenoxy) is 2. The molecule has 7 aromatic carbocycles. The average molecular weight is 985 g/mol. The Bertz CT molecular complexity index is 2910. The molecule has 0 bridgehead atoms. The van der Waals surface area contributed by atoms with Crippen LogP contribution in [0.3, 0.4) is 0 Å². The van der Waals surface area contributed by atoms with Crippen LogP contribution in [0.2, 0.25) is 0 Å². The summed E-state index contributed by atoms with van der Waals surface area (Å²) < 4.78 is 16.0. The van der Waals surface area contributed by atoms with Crippen molar-refractivity contribution in [1.29, 1.82) is 0 Å². The second-order valence-electron chi connectivity index (χ2n) is 19.7. The highest BCUT2D eigenvalue weighted by Crippen LogP contribution is 2.56. The molecule has 0 aromatic heterocycles. The van der Waals surface area contributed by atoms with Crippen molar-refractivity contribution in [2.75, 3.05) is 9.80 Å². The monoisotopic (exact) mass is 982 g/mol. The second-order valence-corrected chi connectivity index (χ2v) is 21.6. The molecule has 2 heterocycles. The van der Waals surface area contributed by atoms with Crippen LogP contribution in [-0.4, -0.2) is 0 Å². The highest BCUT2D eigenvalue weighted by Gasteiger charge is 2.51. The van der Waals surface area contributed by atoms with Crippen molar-refractivity contribution in [2.24, 2.45) is 0 Å². The Hall–Kier alpha value is -4.98. The zero-order valence-electron chi connectivity index (χ0n) is 37.8. The van der Waals surface area contributed by atoms with Gasteiger partial charge in [0, 0.05) is 43.1 Å². The third kappa shape index (κ3) is 7.68. The predicted octanol–water partition coefficient (Wildman–Crippen LogP) is 17.9. The van der Waals surface area contributed by atoms with Gasteiger partial charge >= 0.3 is 0 Å². The molecule has 0 atom stereocenters. The summed E-state index contributed by atoms with van der Waals surface area (Å²) in [6, 6.07) is 58.3. The lowest BCUT2D eigenvalue weighted by Gasteiger charge is -2.36. The summed E-state index contributed by atoms with van der Waals surface area (Å²) in [5.41, 5.74) is 15.7. The van der Waals surface area contributed by atoms with E-state index in [9.17, 15) is 0 Å². The summed E-state index contributed by atoms with van der Waals surface area (Å²) in [5, 5.41) is 0. The summed E-state index contributed by atoms with van der Waals surface area (Å²) in [6.45, 7) is 8.98. The maximum absolute atomic E-state index is 6.97. The Kier molecular flexibility index (Phi) is 10.8. The fourth-order valence-corrected chi connectivity index (χ4v) is 12.3. The molecule has 2 fully saturated rings. The summed E-state index contributed by atoms with van der Waals surface area (Å²) in [4.78, 5) is 4.75. The van der Waals surface area contributed by atoms with Crippen molar-refractivity contribution in [3.8, 4) is 22.3 Å². The van der Waals surface area contributed by atoms with Crippen LogP contribution in [0, 0.1) is 0 Å². The van der Waals surface area contributed by atoms with Crippen molar-refractivity contribution in [2.45, 2.75) is 108 Å². The molecule has 2 aliphatic heterocycles. The van der Waals surface area contributed by atoms with E-state index in [1.807, 2.05) is 0 Å². The van der Waals surface area contributed by atoms with Gasteiger partial charge in [0.15, 0.2) is 0 Å². The van der Waals surface area contributed by atoms with Gasteiger partial charge in [0.1, 0.15) is 0 Å². The van der Waals surface area contributed by atoms with E-state index in [-0.39, 0.29) is 22.4 Å². The van der Waals surface area contributed by atoms with E-state index in [2.05, 4.69) is 227 Å². The lowest BCUT2D eigenvalue weighted by atomic mass is 9.78. The third-order valence-electron chi connectivity index (χ3n) is 14.7. The Morgan fingerprint density at radius 1 is 0.354 bits per heavy atom. The molecule has 0 radical (unpaired) electrons. The fraction of sp³-hybridized carbons (Fsp3) is 0.288. The second kappa shape index (κ2) is 16.4. The number of rotatable bonds is 8. The smallest absolute Gasteiger partial charge is 0.0946 e. The molecule has 0 amide bonds. The molecule has 2 aliphatic carbocycles. The first-order valence-electron chi connectivity index (χ1n) is 23.5. The lowest BCUT2D eigenvalue weighted by Crippen LogP contribution is -2.31. The minimum atomic E-state index is -0.337. The quantitative estimate of drug-likeness (QED) is 0.151. The SMILES string of the molecule is CC1(C)OC2(CCCCC2)c2ccc(-c3cccc(N(c4ccc(Br)cc4)c4cccc(N(c5ccc(Br)cc5)c5cccc(-c6ccc7c(c6)C(C)(C)OC76CCCC6)c5)c4)c3)cc21. The number of anilines is 6. The van der Waals surface area contributed by atoms with Crippen LogP contribution in [0.25, 0.3) is 22.3 Å². The molecule has 65 heavy (non-hydrogen) atoms. The Morgan fingerprint density at radius 2 is 0.708 bits per heavy atom. The zero-order chi connectivity index (χ0) is 44.6. The lowest BCUT2D eigenvalue weighted by molar-refractivity contribution is -0.142. The Labute approximate surface area is 401 Å². The Balaban J connectivity index is 0.991. The van der Waals surface area contributed by atoms with E-state index in [1.54, 1.807) is 0 Å². The summed E-state index contributed by atoms with van der Waals surface area (Å²) in [6.07, 6.45) is 10.6. The van der Waals surface area contributed by atoms with E-state index < -0.39 is 0 Å². The van der Waals surface area contributed by atoms with Crippen molar-refractivity contribution >= 4 is 66.0 Å². The van der Waals surface area contributed by atoms with Crippen molar-refractivity contribution in [3.63, 3.8) is 0 Å². The van der Waals surface area contributed by atoms with Crippen LogP contribution < -0.4 is 9.80 Å². The van der Waals surface area contributed by atoms with Crippen molar-refractivity contribution in [3.05, 3.63) is 189 Å². The number of fused-ring (bicyclic) bond motifs is 4. The topological polar surface area (TPSA) is 24.9 Å². The first kappa shape index (κ1) is 42.6. The van der Waals surface area contributed by atoms with Gasteiger partial charge in [0.25, 0.3) is 0 Å². The minimum Gasteiger partial charge on any atom is -0.360 e. The van der Waals surface area contributed by atoms with Crippen LogP contribution in [0.4, 0.5) is 34.1 Å². The Morgan fingerprint density at radius 3 is 1.12 bits per heavy atom. The molecule has 6 heteroatoms. The fourth-order valence-electron chi connectivity index (χ4n) is 11.7. The molecular weight excluding hydrogens is 928 g/mol. The van der Waals surface area contributed by atoms with Gasteiger partial charge in [-0.25, -0.2) is 0 Å². The predicted molar refractivity (Wildman–Crippen MR) is 275 cm³/mol. The first-order chi connectivity index (χ1) is 31.4. The number of benzene rings is 7. The third-order valence-corrected chi connectivity index (χ3v) is 15.7. The van der Waals surface area contributed by atoms with Crippen LogP contribution >= 0.6 is 31.9 Å². The van der Waals surface area contributed by atoms with Gasteiger partial charge in [-0.05, 0) is 201 Å². The van der Waals surface area contributed by atoms with Crippen LogP contribution in [-0.2, 0) is 31.9 Å². The van der Waals surface area contributed by atoms with E-state index >= 15 is 0 Å². The standard InChI is InChI=1S/C59H56Br2N2O2/c1-56(2)54-37-42(19-29-52(54)58(64-56)31-6-5-7-32-58)40-13-10-15-48(35-40)62(46-25-21-44(60)22-26-46)50-17-12-18-51(39-50)63(47-27-23-45(61)24-28-47)49-16-11-14-41(36-49)43-20-30-53-55(38-43)57(3,4)65-59(53)33-8-9-34-59/h10-30,35-39H,5-9,31-34H2,1-4H3. The zero-order valence-corrected chi connectivity index (χ0v) is 41.0. The number of nitrogens with zero attached hydrogens (tertiary/aromatic N) is 2. The largest absolute Gasteiger partial charge is 0.360 e. The number of hydrogen-bond donors (Lipinski definition) is 0. The van der Waals surface area contributed by atoms with E-state index in [1.165, 1.54) is 76.6 Å². The average Bonchev–Trinajstić information content (AvgIpc) is 3.94. The molecule has 4 nitrogen and oxygen atoms in total. The van der Waals surface area contributed by atoms with Crippen LogP contribution in [0.5, 0.6) is 0 Å². The molecule has 2 saturated carbocycles. The van der Waals surface area contributed by atoms with E-state index in [0.717, 1.165) is 68.8 Å². The van der Waals surface area contributed by atoms with Crippen LogP contribution in [0.1, 0.15) is 108 Å². The van der Waals surface area contributed by atoms with E-state index in [0.29, 0.717) is 0 Å². The molecule has 11 rings (SSSR count). The summed E-state index contributed by atoms with van der Waals surface area (Å²) in [5.74, 6) is 0. The highest BCUT2D eigenvalue weighted by atomic mass is 79.9. The molecular formula is C59H56Br2N2O2. The van der Waals surface area contributed by atoms with Gasteiger partial charge in [-0.2, -0.15) is 0 Å². The number of hydrogen-bond acceptors (Lipinski definition) is 4. The maximum Gasteiger partial charge on any atom is 0.0946 e. The van der Waals surface area contributed by atoms with Gasteiger partial charge in [-0.1, -0.05) is 119 Å². The van der Waals surface area contributed by atoms with Gasteiger partial charge in [-0.3, -0.25) is 0 Å². The molecule has 0 N–H and O–H groups in total. The molecule has 0 unspecified atom stereocenters. The number of halogens is 2. The molecule has 0 saturated heterocycles. The van der Waals surface area contributed by atoms with E-state index in [4.69, 9.17) is 9.47 Å².